The molecule has 1 aliphatic heterocycles. The average Bonchev–Trinajstić information content (AvgIpc) is 2.71. The highest BCUT2D eigenvalue weighted by molar-refractivity contribution is 6.42. The van der Waals surface area contributed by atoms with Crippen LogP contribution in [0.5, 0.6) is 0 Å². The first-order valence-electron chi connectivity index (χ1n) is 9.91. The van der Waals surface area contributed by atoms with Crippen LogP contribution in [-0.2, 0) is 6.54 Å². The van der Waals surface area contributed by atoms with Crippen molar-refractivity contribution in [1.29, 1.82) is 0 Å². The molecule has 30 heavy (non-hydrogen) atoms. The van der Waals surface area contributed by atoms with Crippen LogP contribution in [0, 0.1) is 6.92 Å². The summed E-state index contributed by atoms with van der Waals surface area (Å²) in [4.78, 5) is 32.8. The fourth-order valence-electron chi connectivity index (χ4n) is 3.54. The Bertz CT molecular complexity index is 941. The molecule has 2 amide bonds. The van der Waals surface area contributed by atoms with Crippen LogP contribution in [0.15, 0.2) is 30.3 Å². The molecule has 1 N–H and O–H groups in total. The van der Waals surface area contributed by atoms with E-state index in [4.69, 9.17) is 23.2 Å². The van der Waals surface area contributed by atoms with Gasteiger partial charge in [0.05, 0.1) is 21.3 Å². The maximum atomic E-state index is 12.7. The van der Waals surface area contributed by atoms with E-state index >= 15 is 0 Å². The zero-order valence-electron chi connectivity index (χ0n) is 17.4. The number of carbonyl (C=O) groups excluding carboxylic acids is 2. The normalized spacial score (nSPS) is 15.1. The van der Waals surface area contributed by atoms with E-state index in [2.05, 4.69) is 15.2 Å². The molecule has 6 nitrogen and oxygen atoms in total. The summed E-state index contributed by atoms with van der Waals surface area (Å²) in [5.41, 5.74) is 2.52. The molecule has 0 radical (unpaired) electrons. The van der Waals surface area contributed by atoms with Crippen LogP contribution in [-0.4, -0.2) is 59.8 Å². The Morgan fingerprint density at radius 1 is 1.13 bits per heavy atom. The van der Waals surface area contributed by atoms with Crippen LogP contribution in [0.2, 0.25) is 10.0 Å². The van der Waals surface area contributed by atoms with Gasteiger partial charge in [-0.15, -0.1) is 0 Å². The number of likely N-dealkylation sites (tertiary alicyclic amines) is 1. The summed E-state index contributed by atoms with van der Waals surface area (Å²) >= 11 is 12.1. The van der Waals surface area contributed by atoms with Gasteiger partial charge >= 0.3 is 0 Å². The summed E-state index contributed by atoms with van der Waals surface area (Å²) in [6, 6.07) is 9.10. The summed E-state index contributed by atoms with van der Waals surface area (Å²) in [6.07, 6.45) is 1.74. The number of hydrogen-bond donors (Lipinski definition) is 1. The van der Waals surface area contributed by atoms with Gasteiger partial charge in [0, 0.05) is 39.8 Å². The van der Waals surface area contributed by atoms with Gasteiger partial charge in [-0.3, -0.25) is 14.5 Å². The lowest BCUT2D eigenvalue weighted by Crippen LogP contribution is -2.44. The monoisotopic (exact) mass is 448 g/mol. The molecule has 8 heteroatoms. The maximum absolute atomic E-state index is 12.7. The first kappa shape index (κ1) is 22.5. The zero-order valence-corrected chi connectivity index (χ0v) is 18.9. The minimum atomic E-state index is -0.181. The molecule has 160 valence electrons. The molecule has 1 aliphatic rings. The topological polar surface area (TPSA) is 65.5 Å². The highest BCUT2D eigenvalue weighted by atomic mass is 35.5. The summed E-state index contributed by atoms with van der Waals surface area (Å²) < 4.78 is 0. The Labute approximate surface area is 187 Å². The summed E-state index contributed by atoms with van der Waals surface area (Å²) in [5.74, 6) is -0.328. The number of carbonyl (C=O) groups is 2. The van der Waals surface area contributed by atoms with Gasteiger partial charge in [-0.05, 0) is 49.6 Å². The van der Waals surface area contributed by atoms with Crippen LogP contribution >= 0.6 is 23.2 Å². The number of halogens is 2. The Morgan fingerprint density at radius 2 is 1.83 bits per heavy atom. The molecule has 0 spiro atoms. The van der Waals surface area contributed by atoms with Gasteiger partial charge in [0.25, 0.3) is 11.8 Å². The number of benzene rings is 1. The maximum Gasteiger partial charge on any atom is 0.271 e. The average molecular weight is 449 g/mol. The standard InChI is InChI=1S/C22H26Cl2N4O2/c1-14-17(5-7-20(25-14)22(30)27(2)3)21(29)26-16-8-10-28(11-9-16)13-15-4-6-18(23)19(24)12-15/h4-7,12,16H,8-11,13H2,1-3H3,(H,26,29). The summed E-state index contributed by atoms with van der Waals surface area (Å²) in [5, 5.41) is 4.24. The fourth-order valence-corrected chi connectivity index (χ4v) is 3.86. The third kappa shape index (κ3) is 5.50. The van der Waals surface area contributed by atoms with Crippen LogP contribution < -0.4 is 5.32 Å². The van der Waals surface area contributed by atoms with Crippen molar-refractivity contribution in [3.63, 3.8) is 0 Å². The molecule has 3 rings (SSSR count). The van der Waals surface area contributed by atoms with Gasteiger partial charge in [0.2, 0.25) is 0 Å². The van der Waals surface area contributed by atoms with Crippen molar-refractivity contribution in [2.45, 2.75) is 32.4 Å². The van der Waals surface area contributed by atoms with Gasteiger partial charge in [-0.2, -0.15) is 0 Å². The quantitative estimate of drug-likeness (QED) is 0.755. The van der Waals surface area contributed by atoms with Gasteiger partial charge in [-0.25, -0.2) is 4.98 Å². The predicted molar refractivity (Wildman–Crippen MR) is 119 cm³/mol. The molecule has 0 unspecified atom stereocenters. The smallest absolute Gasteiger partial charge is 0.271 e. The molecule has 1 fully saturated rings. The van der Waals surface area contributed by atoms with Crippen molar-refractivity contribution in [2.75, 3.05) is 27.2 Å². The number of aromatic nitrogens is 1. The number of pyridine rings is 1. The number of piperidine rings is 1. The van der Waals surface area contributed by atoms with Crippen molar-refractivity contribution < 1.29 is 9.59 Å². The van der Waals surface area contributed by atoms with Crippen LogP contribution in [0.3, 0.4) is 0 Å². The molecule has 0 atom stereocenters. The van der Waals surface area contributed by atoms with Crippen LogP contribution in [0.1, 0.15) is 44.9 Å². The third-order valence-corrected chi connectivity index (χ3v) is 6.01. The van der Waals surface area contributed by atoms with E-state index in [1.54, 1.807) is 33.2 Å². The third-order valence-electron chi connectivity index (χ3n) is 5.27. The first-order valence-corrected chi connectivity index (χ1v) is 10.7. The van der Waals surface area contributed by atoms with E-state index in [1.807, 2.05) is 18.2 Å². The second-order valence-corrected chi connectivity index (χ2v) is 8.62. The van der Waals surface area contributed by atoms with Crippen LogP contribution in [0.25, 0.3) is 0 Å². The minimum absolute atomic E-state index is 0.116. The minimum Gasteiger partial charge on any atom is -0.349 e. The van der Waals surface area contributed by atoms with Crippen LogP contribution in [0.4, 0.5) is 0 Å². The summed E-state index contributed by atoms with van der Waals surface area (Å²) in [6.45, 7) is 4.33. The molecule has 0 saturated carbocycles. The SMILES string of the molecule is Cc1nc(C(=O)N(C)C)ccc1C(=O)NC1CCN(Cc2ccc(Cl)c(Cl)c2)CC1. The number of nitrogens with one attached hydrogen (secondary N) is 1. The van der Waals surface area contributed by atoms with Gasteiger partial charge in [0.1, 0.15) is 5.69 Å². The largest absolute Gasteiger partial charge is 0.349 e. The van der Waals surface area contributed by atoms with E-state index in [1.165, 1.54) is 4.90 Å². The second kappa shape index (κ2) is 9.77. The number of amides is 2. The number of aryl methyl sites for hydroxylation is 1. The van der Waals surface area contributed by atoms with Crippen molar-refractivity contribution in [1.82, 2.24) is 20.1 Å². The van der Waals surface area contributed by atoms with E-state index in [0.29, 0.717) is 27.0 Å². The molecule has 2 heterocycles. The van der Waals surface area contributed by atoms with E-state index < -0.39 is 0 Å². The Balaban J connectivity index is 1.53. The molecule has 1 aromatic heterocycles. The molecule has 1 saturated heterocycles. The molecule has 0 aliphatic carbocycles. The predicted octanol–water partition coefficient (Wildman–Crippen LogP) is 3.79. The Kier molecular flexibility index (Phi) is 7.34. The Hall–Kier alpha value is -2.15. The highest BCUT2D eigenvalue weighted by Gasteiger charge is 2.23. The Morgan fingerprint density at radius 3 is 2.43 bits per heavy atom. The fraction of sp³-hybridized carbons (Fsp3) is 0.409. The van der Waals surface area contributed by atoms with Gasteiger partial charge < -0.3 is 10.2 Å². The number of hydrogen-bond acceptors (Lipinski definition) is 4. The lowest BCUT2D eigenvalue weighted by atomic mass is 10.0. The molecule has 0 bridgehead atoms. The summed E-state index contributed by atoms with van der Waals surface area (Å²) in [7, 11) is 3.35. The highest BCUT2D eigenvalue weighted by Crippen LogP contribution is 2.24. The molecule has 1 aromatic carbocycles. The second-order valence-electron chi connectivity index (χ2n) is 7.80. The first-order chi connectivity index (χ1) is 14.2. The van der Waals surface area contributed by atoms with Crippen molar-refractivity contribution in [3.05, 3.63) is 62.9 Å². The molecular formula is C22H26Cl2N4O2. The zero-order chi connectivity index (χ0) is 21.8. The van der Waals surface area contributed by atoms with Crippen molar-refractivity contribution in [2.24, 2.45) is 0 Å². The lowest BCUT2D eigenvalue weighted by molar-refractivity contribution is 0.0819. The van der Waals surface area contributed by atoms with E-state index in [9.17, 15) is 9.59 Å². The number of rotatable bonds is 5. The van der Waals surface area contributed by atoms with Crippen molar-refractivity contribution in [3.8, 4) is 0 Å². The van der Waals surface area contributed by atoms with E-state index in [0.717, 1.165) is 38.0 Å². The number of nitrogens with zero attached hydrogens (tertiary/aromatic N) is 3. The van der Waals surface area contributed by atoms with E-state index in [-0.39, 0.29) is 17.9 Å². The van der Waals surface area contributed by atoms with Crippen molar-refractivity contribution >= 4 is 35.0 Å². The molecular weight excluding hydrogens is 423 g/mol. The lowest BCUT2D eigenvalue weighted by Gasteiger charge is -2.32. The van der Waals surface area contributed by atoms with Gasteiger partial charge in [0.15, 0.2) is 0 Å². The molecule has 2 aromatic rings. The van der Waals surface area contributed by atoms with Gasteiger partial charge in [-0.1, -0.05) is 29.3 Å².